The predicted molar refractivity (Wildman–Crippen MR) is 111 cm³/mol. The van der Waals surface area contributed by atoms with Gasteiger partial charge in [-0.2, -0.15) is 0 Å². The van der Waals surface area contributed by atoms with Crippen LogP contribution in [0.5, 0.6) is 11.5 Å². The Labute approximate surface area is 175 Å². The number of hydrogen-bond acceptors (Lipinski definition) is 7. The van der Waals surface area contributed by atoms with Gasteiger partial charge in [-0.3, -0.25) is 0 Å². The maximum atomic E-state index is 13.1. The molecule has 2 unspecified atom stereocenters. The summed E-state index contributed by atoms with van der Waals surface area (Å²) >= 11 is 5.84. The van der Waals surface area contributed by atoms with Gasteiger partial charge in [0.15, 0.2) is 31.2 Å². The summed E-state index contributed by atoms with van der Waals surface area (Å²) in [7, 11) is -4.28. The molecule has 1 heterocycles. The molecule has 158 valence electrons. The van der Waals surface area contributed by atoms with Crippen molar-refractivity contribution >= 4 is 31.3 Å². The van der Waals surface area contributed by atoms with Gasteiger partial charge in [0.25, 0.3) is 0 Å². The van der Waals surface area contributed by atoms with E-state index in [9.17, 15) is 16.8 Å². The molecule has 0 aromatic heterocycles. The van der Waals surface area contributed by atoms with Crippen LogP contribution in [-0.4, -0.2) is 53.9 Å². The van der Waals surface area contributed by atoms with E-state index < -0.39 is 36.7 Å². The van der Waals surface area contributed by atoms with Gasteiger partial charge in [-0.05, 0) is 42.0 Å². The highest BCUT2D eigenvalue weighted by Crippen LogP contribution is 2.29. The van der Waals surface area contributed by atoms with E-state index in [4.69, 9.17) is 21.1 Å². The van der Waals surface area contributed by atoms with Crippen LogP contribution in [0.1, 0.15) is 5.56 Å². The molecule has 1 aliphatic heterocycles. The minimum atomic E-state index is -3.85. The van der Waals surface area contributed by atoms with Gasteiger partial charge in [0.2, 0.25) is 0 Å². The summed E-state index contributed by atoms with van der Waals surface area (Å²) in [5.41, 5.74) is 0.814. The Hall–Kier alpha value is -1.81. The van der Waals surface area contributed by atoms with Crippen LogP contribution >= 0.6 is 11.6 Å². The van der Waals surface area contributed by atoms with Crippen LogP contribution in [0, 0.1) is 0 Å². The number of ether oxygens (including phenoxy) is 2. The summed E-state index contributed by atoms with van der Waals surface area (Å²) in [5.74, 6) is 0.457. The molecule has 1 N–H and O–H groups in total. The van der Waals surface area contributed by atoms with Crippen molar-refractivity contribution in [3.63, 3.8) is 0 Å². The average molecular weight is 460 g/mol. The van der Waals surface area contributed by atoms with Crippen molar-refractivity contribution < 1.29 is 26.3 Å². The maximum absolute atomic E-state index is 13.1. The van der Waals surface area contributed by atoms with Crippen LogP contribution in [0.3, 0.4) is 0 Å². The van der Waals surface area contributed by atoms with Crippen molar-refractivity contribution in [1.29, 1.82) is 0 Å². The zero-order chi connectivity index (χ0) is 21.2. The smallest absolute Gasteiger partial charge is 0.183 e. The van der Waals surface area contributed by atoms with E-state index in [2.05, 4.69) is 5.32 Å². The maximum Gasteiger partial charge on any atom is 0.183 e. The third-order valence-electron chi connectivity index (χ3n) is 4.86. The van der Waals surface area contributed by atoms with Crippen molar-refractivity contribution in [3.05, 3.63) is 53.1 Å². The minimum absolute atomic E-state index is 0.0573. The highest BCUT2D eigenvalue weighted by molar-refractivity contribution is 7.96. The monoisotopic (exact) mass is 459 g/mol. The molecule has 1 saturated heterocycles. The zero-order valence-electron chi connectivity index (χ0n) is 16.0. The normalized spacial score (nSPS) is 21.1. The lowest BCUT2D eigenvalue weighted by Crippen LogP contribution is -2.43. The van der Waals surface area contributed by atoms with Gasteiger partial charge in [-0.15, -0.1) is 0 Å². The molecular formula is C19H22ClNO6S2. The molecule has 1 aliphatic rings. The molecule has 2 aromatic rings. The van der Waals surface area contributed by atoms with Gasteiger partial charge in [0.1, 0.15) is 0 Å². The number of hydrogen-bond donors (Lipinski definition) is 1. The molecule has 0 saturated carbocycles. The summed E-state index contributed by atoms with van der Waals surface area (Å²) in [6, 6.07) is 10.3. The molecule has 0 radical (unpaired) electrons. The molecular weight excluding hydrogens is 438 g/mol. The van der Waals surface area contributed by atoms with Crippen molar-refractivity contribution in [1.82, 2.24) is 5.32 Å². The Morgan fingerprint density at radius 1 is 1.03 bits per heavy atom. The second-order valence-corrected chi connectivity index (χ2v) is 11.5. The fraction of sp³-hybridized carbons (Fsp3) is 0.368. The van der Waals surface area contributed by atoms with Crippen LogP contribution in [0.15, 0.2) is 47.4 Å². The van der Waals surface area contributed by atoms with Crippen molar-refractivity contribution in [2.45, 2.75) is 22.7 Å². The molecule has 0 aliphatic carbocycles. The molecule has 10 heteroatoms. The molecule has 0 spiro atoms. The Balaban J connectivity index is 1.83. The van der Waals surface area contributed by atoms with Gasteiger partial charge < -0.3 is 14.8 Å². The van der Waals surface area contributed by atoms with Crippen molar-refractivity contribution in [2.75, 3.05) is 25.7 Å². The second-order valence-electron chi connectivity index (χ2n) is 6.79. The van der Waals surface area contributed by atoms with E-state index in [1.54, 1.807) is 18.2 Å². The first-order chi connectivity index (χ1) is 13.7. The van der Waals surface area contributed by atoms with Crippen LogP contribution in [0.25, 0.3) is 0 Å². The Kier molecular flexibility index (Phi) is 6.42. The number of halogens is 1. The highest BCUT2D eigenvalue weighted by atomic mass is 35.5. The standard InChI is InChI=1S/C19H22ClNO6S2/c1-26-17-8-3-13(9-18(17)27-2)10-21-16-11-28(22,23)12-19(16)29(24,25)15-6-4-14(20)5-7-15/h3-9,16,19,21H,10-12H2,1-2H3. The van der Waals surface area contributed by atoms with E-state index in [-0.39, 0.29) is 17.2 Å². The summed E-state index contributed by atoms with van der Waals surface area (Å²) < 4.78 is 61.0. The Morgan fingerprint density at radius 2 is 1.69 bits per heavy atom. The number of rotatable bonds is 7. The Bertz CT molecular complexity index is 1080. The number of nitrogens with one attached hydrogen (secondary N) is 1. The molecule has 3 rings (SSSR count). The number of benzene rings is 2. The third kappa shape index (κ3) is 4.85. The van der Waals surface area contributed by atoms with Gasteiger partial charge in [-0.1, -0.05) is 17.7 Å². The van der Waals surface area contributed by atoms with Crippen molar-refractivity contribution in [2.24, 2.45) is 0 Å². The predicted octanol–water partition coefficient (Wildman–Crippen LogP) is 2.09. The molecule has 0 amide bonds. The van der Waals surface area contributed by atoms with Gasteiger partial charge >= 0.3 is 0 Å². The lowest BCUT2D eigenvalue weighted by atomic mass is 10.1. The summed E-state index contributed by atoms with van der Waals surface area (Å²) in [5, 5.41) is 2.43. The van der Waals surface area contributed by atoms with Crippen LogP contribution in [0.2, 0.25) is 5.02 Å². The van der Waals surface area contributed by atoms with Crippen molar-refractivity contribution in [3.8, 4) is 11.5 Å². The van der Waals surface area contributed by atoms with Crippen LogP contribution in [-0.2, 0) is 26.2 Å². The summed E-state index contributed by atoms with van der Waals surface area (Å²) in [4.78, 5) is 0.0573. The number of sulfone groups is 2. The number of methoxy groups -OCH3 is 2. The van der Waals surface area contributed by atoms with Gasteiger partial charge in [0, 0.05) is 17.6 Å². The lowest BCUT2D eigenvalue weighted by Gasteiger charge is -2.20. The van der Waals surface area contributed by atoms with E-state index in [0.29, 0.717) is 16.5 Å². The average Bonchev–Trinajstić information content (AvgIpc) is 3.01. The van der Waals surface area contributed by atoms with Crippen LogP contribution < -0.4 is 14.8 Å². The topological polar surface area (TPSA) is 98.8 Å². The first kappa shape index (κ1) is 21.9. The fourth-order valence-electron chi connectivity index (χ4n) is 3.35. The molecule has 7 nitrogen and oxygen atoms in total. The highest BCUT2D eigenvalue weighted by Gasteiger charge is 2.45. The molecule has 2 aromatic carbocycles. The minimum Gasteiger partial charge on any atom is -0.493 e. The quantitative estimate of drug-likeness (QED) is 0.676. The first-order valence-corrected chi connectivity index (χ1v) is 12.5. The van der Waals surface area contributed by atoms with Crippen LogP contribution in [0.4, 0.5) is 0 Å². The van der Waals surface area contributed by atoms with E-state index in [1.165, 1.54) is 38.5 Å². The SMILES string of the molecule is COc1ccc(CNC2CS(=O)(=O)CC2S(=O)(=O)c2ccc(Cl)cc2)cc1OC. The second kappa shape index (κ2) is 8.51. The largest absolute Gasteiger partial charge is 0.493 e. The van der Waals surface area contributed by atoms with Gasteiger partial charge in [0.05, 0.1) is 35.9 Å². The first-order valence-electron chi connectivity index (χ1n) is 8.80. The van der Waals surface area contributed by atoms with E-state index >= 15 is 0 Å². The lowest BCUT2D eigenvalue weighted by molar-refractivity contribution is 0.354. The summed E-state index contributed by atoms with van der Waals surface area (Å²) in [6.07, 6.45) is 0. The zero-order valence-corrected chi connectivity index (χ0v) is 18.4. The molecule has 0 bridgehead atoms. The third-order valence-corrected chi connectivity index (χ3v) is 9.28. The summed E-state index contributed by atoms with van der Waals surface area (Å²) in [6.45, 7) is 0.285. The van der Waals surface area contributed by atoms with E-state index in [1.807, 2.05) is 0 Å². The molecule has 1 fully saturated rings. The molecule has 29 heavy (non-hydrogen) atoms. The Morgan fingerprint density at radius 3 is 2.31 bits per heavy atom. The molecule has 2 atom stereocenters. The fourth-order valence-corrected chi connectivity index (χ4v) is 8.19. The van der Waals surface area contributed by atoms with E-state index in [0.717, 1.165) is 5.56 Å². The van der Waals surface area contributed by atoms with Gasteiger partial charge in [-0.25, -0.2) is 16.8 Å².